The predicted octanol–water partition coefficient (Wildman–Crippen LogP) is 7.20. The fraction of sp³-hybridized carbons (Fsp3) is 0.484. The number of hydrogen-bond donors (Lipinski definition) is 1. The van der Waals surface area contributed by atoms with Crippen LogP contribution in [0.5, 0.6) is 0 Å². The molecule has 6 heteroatoms. The summed E-state index contributed by atoms with van der Waals surface area (Å²) in [6, 6.07) is 24.3. The zero-order valence-electron chi connectivity index (χ0n) is 21.1. The van der Waals surface area contributed by atoms with Crippen LogP contribution >= 0.6 is 0 Å². The van der Waals surface area contributed by atoms with Crippen molar-refractivity contribution >= 4 is 5.90 Å². The number of hydrogen-bond acceptors (Lipinski definition) is 6. The van der Waals surface area contributed by atoms with E-state index in [0.29, 0.717) is 18.4 Å². The summed E-state index contributed by atoms with van der Waals surface area (Å²) in [5, 5.41) is 40.7. The normalized spacial score (nSPS) is 31.2. The second-order valence-corrected chi connectivity index (χ2v) is 10.6. The van der Waals surface area contributed by atoms with E-state index in [-0.39, 0.29) is 5.90 Å². The van der Waals surface area contributed by atoms with Crippen molar-refractivity contribution < 1.29 is 9.47 Å². The molecule has 0 aromatic heterocycles. The Labute approximate surface area is 218 Å². The van der Waals surface area contributed by atoms with Crippen LogP contribution < -0.4 is 0 Å². The molecule has 2 bridgehead atoms. The Morgan fingerprint density at radius 3 is 1.95 bits per heavy atom. The zero-order chi connectivity index (χ0) is 25.9. The molecule has 3 fully saturated rings. The van der Waals surface area contributed by atoms with Crippen LogP contribution in [0.2, 0.25) is 0 Å². The third-order valence-electron chi connectivity index (χ3n) is 8.64. The zero-order valence-corrected chi connectivity index (χ0v) is 21.1. The summed E-state index contributed by atoms with van der Waals surface area (Å²) in [7, 11) is 0. The van der Waals surface area contributed by atoms with Crippen LogP contribution in [0.1, 0.15) is 75.9 Å². The van der Waals surface area contributed by atoms with Gasteiger partial charge in [-0.25, -0.2) is 0 Å². The van der Waals surface area contributed by atoms with Gasteiger partial charge in [0.05, 0.1) is 24.1 Å². The highest BCUT2D eigenvalue weighted by Crippen LogP contribution is 2.68. The SMILES string of the molecule is N#CC1(C#N)C(c2ccc(-c3ccccc3)cc2)OC23CCCCCCCCCCC2C1(C#N)C(=N)O3. The lowest BCUT2D eigenvalue weighted by atomic mass is 9.52. The Balaban J connectivity index is 1.61. The van der Waals surface area contributed by atoms with E-state index >= 15 is 0 Å². The van der Waals surface area contributed by atoms with Crippen molar-refractivity contribution in [3.05, 3.63) is 60.2 Å². The third-order valence-corrected chi connectivity index (χ3v) is 8.64. The van der Waals surface area contributed by atoms with Gasteiger partial charge in [-0.15, -0.1) is 0 Å². The quantitative estimate of drug-likeness (QED) is 0.476. The molecule has 2 heterocycles. The van der Waals surface area contributed by atoms with Crippen LogP contribution in [0.25, 0.3) is 11.1 Å². The highest BCUT2D eigenvalue weighted by Gasteiger charge is 2.79. The van der Waals surface area contributed by atoms with Crippen molar-refractivity contribution in [3.8, 4) is 29.3 Å². The topological polar surface area (TPSA) is 114 Å². The van der Waals surface area contributed by atoms with E-state index in [1.165, 1.54) is 12.8 Å². The lowest BCUT2D eigenvalue weighted by molar-refractivity contribution is -0.287. The van der Waals surface area contributed by atoms with Crippen LogP contribution in [0.3, 0.4) is 0 Å². The molecular weight excluding hydrogens is 460 g/mol. The number of rotatable bonds is 2. The lowest BCUT2D eigenvalue weighted by Gasteiger charge is -2.50. The van der Waals surface area contributed by atoms with Gasteiger partial charge in [0, 0.05) is 6.42 Å². The molecule has 1 saturated carbocycles. The van der Waals surface area contributed by atoms with E-state index in [4.69, 9.17) is 14.9 Å². The summed E-state index contributed by atoms with van der Waals surface area (Å²) < 4.78 is 13.0. The van der Waals surface area contributed by atoms with Gasteiger partial charge in [0.15, 0.2) is 5.41 Å². The number of ether oxygens (including phenoxy) is 2. The van der Waals surface area contributed by atoms with Gasteiger partial charge in [-0.1, -0.05) is 99.5 Å². The number of nitriles is 3. The molecule has 1 aliphatic carbocycles. The van der Waals surface area contributed by atoms with Gasteiger partial charge in [0.2, 0.25) is 17.1 Å². The van der Waals surface area contributed by atoms with Crippen molar-refractivity contribution in [2.75, 3.05) is 0 Å². The molecule has 4 unspecified atom stereocenters. The van der Waals surface area contributed by atoms with E-state index in [1.807, 2.05) is 54.6 Å². The maximum Gasteiger partial charge on any atom is 0.217 e. The summed E-state index contributed by atoms with van der Waals surface area (Å²) >= 11 is 0. The van der Waals surface area contributed by atoms with Crippen LogP contribution in [0.4, 0.5) is 0 Å². The van der Waals surface area contributed by atoms with E-state index < -0.39 is 28.6 Å². The summed E-state index contributed by atoms with van der Waals surface area (Å²) in [5.74, 6) is -2.02. The molecule has 0 amide bonds. The van der Waals surface area contributed by atoms with Gasteiger partial charge in [-0.05, 0) is 29.5 Å². The van der Waals surface area contributed by atoms with Crippen LogP contribution in [0, 0.1) is 56.2 Å². The van der Waals surface area contributed by atoms with Gasteiger partial charge in [0.1, 0.15) is 6.10 Å². The first-order valence-electron chi connectivity index (χ1n) is 13.4. The largest absolute Gasteiger partial charge is 0.447 e. The Hall–Kier alpha value is -3.66. The smallest absolute Gasteiger partial charge is 0.217 e. The number of nitrogens with one attached hydrogen (secondary N) is 1. The summed E-state index contributed by atoms with van der Waals surface area (Å²) in [6.45, 7) is 0. The maximum atomic E-state index is 10.7. The van der Waals surface area contributed by atoms with Crippen molar-refractivity contribution in [2.24, 2.45) is 16.7 Å². The molecule has 0 spiro atoms. The molecule has 5 rings (SSSR count). The van der Waals surface area contributed by atoms with Gasteiger partial charge >= 0.3 is 0 Å². The highest BCUT2D eigenvalue weighted by molar-refractivity contribution is 5.89. The second kappa shape index (κ2) is 10.0. The minimum Gasteiger partial charge on any atom is -0.447 e. The Morgan fingerprint density at radius 1 is 0.730 bits per heavy atom. The first-order chi connectivity index (χ1) is 18.1. The Morgan fingerprint density at radius 2 is 1.32 bits per heavy atom. The number of benzene rings is 2. The standard InChI is InChI=1S/C31H32N4O2/c32-20-29(21-33)27(25-17-15-24(16-18-25)23-12-8-7-9-13-23)36-31-19-11-6-4-2-1-3-5-10-14-26(31)30(29,22-34)28(35)37-31/h7-9,12-13,15-18,26-27,35H,1-6,10-11,14,19H2. The Kier molecular flexibility index (Phi) is 6.76. The van der Waals surface area contributed by atoms with Crippen molar-refractivity contribution in [2.45, 2.75) is 76.1 Å². The fourth-order valence-electron chi connectivity index (χ4n) is 6.70. The highest BCUT2D eigenvalue weighted by atomic mass is 16.7. The first-order valence-corrected chi connectivity index (χ1v) is 13.4. The van der Waals surface area contributed by atoms with Crippen LogP contribution in [-0.4, -0.2) is 11.7 Å². The molecule has 37 heavy (non-hydrogen) atoms. The van der Waals surface area contributed by atoms with E-state index in [2.05, 4.69) is 18.2 Å². The lowest BCUT2D eigenvalue weighted by Crippen LogP contribution is -2.59. The molecule has 188 valence electrons. The van der Waals surface area contributed by atoms with Gasteiger partial charge < -0.3 is 9.47 Å². The van der Waals surface area contributed by atoms with E-state index in [9.17, 15) is 15.8 Å². The first kappa shape index (κ1) is 25.0. The van der Waals surface area contributed by atoms with Crippen LogP contribution in [-0.2, 0) is 9.47 Å². The average Bonchev–Trinajstić information content (AvgIpc) is 3.11. The maximum absolute atomic E-state index is 10.7. The minimum absolute atomic E-state index is 0.290. The Bertz CT molecular complexity index is 1260. The molecule has 1 N–H and O–H groups in total. The van der Waals surface area contributed by atoms with Gasteiger partial charge in [-0.2, -0.15) is 15.8 Å². The van der Waals surface area contributed by atoms with E-state index in [1.54, 1.807) is 0 Å². The molecule has 3 aliphatic rings. The molecule has 6 nitrogen and oxygen atoms in total. The molecule has 4 atom stereocenters. The molecule has 2 aromatic rings. The van der Waals surface area contributed by atoms with Crippen molar-refractivity contribution in [3.63, 3.8) is 0 Å². The molecule has 0 radical (unpaired) electrons. The average molecular weight is 493 g/mol. The molecule has 2 saturated heterocycles. The summed E-state index contributed by atoms with van der Waals surface area (Å²) in [5.41, 5.74) is -0.897. The summed E-state index contributed by atoms with van der Waals surface area (Å²) in [6.07, 6.45) is 8.49. The van der Waals surface area contributed by atoms with Crippen molar-refractivity contribution in [1.29, 1.82) is 21.2 Å². The van der Waals surface area contributed by atoms with Gasteiger partial charge in [-0.3, -0.25) is 5.41 Å². The van der Waals surface area contributed by atoms with Crippen molar-refractivity contribution in [1.82, 2.24) is 0 Å². The molecular formula is C31H32N4O2. The second-order valence-electron chi connectivity index (χ2n) is 10.6. The van der Waals surface area contributed by atoms with E-state index in [0.717, 1.165) is 49.7 Å². The molecule has 2 aromatic carbocycles. The third kappa shape index (κ3) is 3.81. The predicted molar refractivity (Wildman–Crippen MR) is 139 cm³/mol. The fourth-order valence-corrected chi connectivity index (χ4v) is 6.70. The number of nitrogens with zero attached hydrogens (tertiary/aromatic N) is 3. The van der Waals surface area contributed by atoms with Gasteiger partial charge in [0.25, 0.3) is 0 Å². The van der Waals surface area contributed by atoms with Crippen LogP contribution in [0.15, 0.2) is 54.6 Å². The summed E-state index contributed by atoms with van der Waals surface area (Å²) in [4.78, 5) is 0. The minimum atomic E-state index is -1.91. The molecule has 2 aliphatic heterocycles. The monoisotopic (exact) mass is 492 g/mol.